The Kier molecular flexibility index (Phi) is 7.35. The van der Waals surface area contributed by atoms with Gasteiger partial charge in [0.05, 0.1) is 12.8 Å². The molecule has 182 valence electrons. The fraction of sp³-hybridized carbons (Fsp3) is 0.300. The molecule has 0 aliphatic heterocycles. The first-order valence-corrected chi connectivity index (χ1v) is 11.4. The van der Waals surface area contributed by atoms with E-state index in [1.54, 1.807) is 18.0 Å². The number of hydrogen-bond donors (Lipinski definition) is 2. The number of amides is 1. The number of aromatic nitrogens is 8. The molecule has 0 fully saturated rings. The number of methoxy groups -OCH3 is 1. The van der Waals surface area contributed by atoms with Gasteiger partial charge in [0.15, 0.2) is 10.9 Å². The van der Waals surface area contributed by atoms with Gasteiger partial charge in [-0.1, -0.05) is 29.1 Å². The van der Waals surface area contributed by atoms with Crippen LogP contribution in [0.5, 0.6) is 5.75 Å². The number of thioether (sulfide) groups is 1. The van der Waals surface area contributed by atoms with E-state index in [4.69, 9.17) is 10.5 Å². The summed E-state index contributed by atoms with van der Waals surface area (Å²) in [6, 6.07) is 7.80. The van der Waals surface area contributed by atoms with Crippen molar-refractivity contribution in [1.82, 2.24) is 45.5 Å². The zero-order valence-corrected chi connectivity index (χ0v) is 20.1. The Morgan fingerprint density at radius 1 is 1.26 bits per heavy atom. The lowest BCUT2D eigenvalue weighted by Crippen LogP contribution is -2.21. The van der Waals surface area contributed by atoms with Crippen molar-refractivity contribution in [2.45, 2.75) is 30.7 Å². The number of nitrogens with two attached hydrogens (primary N) is 1. The Morgan fingerprint density at radius 2 is 2.06 bits per heavy atom. The van der Waals surface area contributed by atoms with Crippen molar-refractivity contribution in [2.75, 3.05) is 12.8 Å². The van der Waals surface area contributed by atoms with Crippen LogP contribution in [0.15, 0.2) is 45.5 Å². The third-order valence-corrected chi connectivity index (χ3v) is 6.01. The van der Waals surface area contributed by atoms with Crippen molar-refractivity contribution in [1.29, 1.82) is 0 Å². The monoisotopic (exact) mass is 497 g/mol. The van der Waals surface area contributed by atoms with E-state index in [9.17, 15) is 4.79 Å². The lowest BCUT2D eigenvalue weighted by molar-refractivity contribution is 0.0949. The summed E-state index contributed by atoms with van der Waals surface area (Å²) in [6.45, 7) is 1.84. The summed E-state index contributed by atoms with van der Waals surface area (Å²) >= 11 is 1.34. The smallest absolute Gasteiger partial charge is 0.293 e. The molecular weight excluding hydrogens is 474 g/mol. The van der Waals surface area contributed by atoms with Crippen LogP contribution < -0.4 is 15.9 Å². The third-order valence-electron chi connectivity index (χ3n) is 4.97. The highest BCUT2D eigenvalue weighted by atomic mass is 32.2. The van der Waals surface area contributed by atoms with Crippen LogP contribution in [0.25, 0.3) is 5.82 Å². The zero-order chi connectivity index (χ0) is 24.8. The summed E-state index contributed by atoms with van der Waals surface area (Å²) in [4.78, 5) is 12.9. The second-order valence-corrected chi connectivity index (χ2v) is 8.36. The Bertz CT molecular complexity index is 1330. The van der Waals surface area contributed by atoms with E-state index in [1.807, 2.05) is 38.2 Å². The molecule has 15 heteroatoms. The number of rotatable bonds is 10. The summed E-state index contributed by atoms with van der Waals surface area (Å²) < 4.78 is 12.9. The summed E-state index contributed by atoms with van der Waals surface area (Å²) in [5.74, 6) is 0.692. The number of hydrazone groups is 1. The van der Waals surface area contributed by atoms with Crippen molar-refractivity contribution in [3.05, 3.63) is 47.5 Å². The third kappa shape index (κ3) is 5.63. The highest BCUT2D eigenvalue weighted by molar-refractivity contribution is 7.98. The second kappa shape index (κ2) is 10.8. The molecule has 1 amide bonds. The number of anilines is 1. The number of ether oxygens (including phenoxy) is 1. The van der Waals surface area contributed by atoms with Crippen LogP contribution in [-0.2, 0) is 19.2 Å². The molecule has 4 aromatic rings. The average Bonchev–Trinajstić information content (AvgIpc) is 3.59. The topological polar surface area (TPSA) is 177 Å². The van der Waals surface area contributed by atoms with Crippen LogP contribution in [0.3, 0.4) is 0 Å². The summed E-state index contributed by atoms with van der Waals surface area (Å²) in [5, 5.41) is 28.1. The lowest BCUT2D eigenvalue weighted by atomic mass is 10.1. The van der Waals surface area contributed by atoms with Crippen molar-refractivity contribution in [2.24, 2.45) is 12.1 Å². The Hall–Kier alpha value is -4.27. The van der Waals surface area contributed by atoms with E-state index in [2.05, 4.69) is 46.0 Å². The van der Waals surface area contributed by atoms with E-state index in [1.165, 1.54) is 16.4 Å². The van der Waals surface area contributed by atoms with E-state index in [0.717, 1.165) is 23.4 Å². The van der Waals surface area contributed by atoms with Gasteiger partial charge in [-0.15, -0.1) is 15.3 Å². The fourth-order valence-electron chi connectivity index (χ4n) is 3.02. The van der Waals surface area contributed by atoms with E-state index in [-0.39, 0.29) is 23.1 Å². The molecule has 0 unspecified atom stereocenters. The zero-order valence-electron chi connectivity index (χ0n) is 19.2. The van der Waals surface area contributed by atoms with Crippen LogP contribution in [0.4, 0.5) is 5.82 Å². The lowest BCUT2D eigenvalue weighted by Gasteiger charge is -2.06. The molecule has 3 N–H and O–H groups in total. The molecule has 4 rings (SSSR count). The Labute approximate surface area is 203 Å². The first-order chi connectivity index (χ1) is 17.0. The number of hydrogen-bond acceptors (Lipinski definition) is 12. The van der Waals surface area contributed by atoms with Crippen molar-refractivity contribution in [3.8, 4) is 11.6 Å². The first kappa shape index (κ1) is 23.9. The van der Waals surface area contributed by atoms with Gasteiger partial charge in [-0.05, 0) is 47.8 Å². The molecule has 0 saturated carbocycles. The molecule has 14 nitrogen and oxygen atoms in total. The number of nitrogens with one attached hydrogen (secondary N) is 1. The van der Waals surface area contributed by atoms with Gasteiger partial charge in [0.25, 0.3) is 5.91 Å². The minimum absolute atomic E-state index is 0.0131. The molecule has 0 radical (unpaired) electrons. The summed E-state index contributed by atoms with van der Waals surface area (Å²) in [6.07, 6.45) is 3.01. The molecule has 35 heavy (non-hydrogen) atoms. The standard InChI is InChI=1S/C20H23N11O3S/c1-12(4-5-13-6-8-14(33-3)9-7-13)23-25-19(32)16-15(10-35-20-26-22-11-30(20)2)31(29-24-16)18-17(21)27-34-28-18/h6-9,11H,4-5,10H2,1-3H3,(H2,21,27)(H,25,32). The molecule has 0 atom stereocenters. The van der Waals surface area contributed by atoms with E-state index >= 15 is 0 Å². The Balaban J connectivity index is 1.47. The summed E-state index contributed by atoms with van der Waals surface area (Å²) in [7, 11) is 3.44. The van der Waals surface area contributed by atoms with Gasteiger partial charge in [0, 0.05) is 18.5 Å². The first-order valence-electron chi connectivity index (χ1n) is 10.4. The van der Waals surface area contributed by atoms with Gasteiger partial charge >= 0.3 is 0 Å². The number of carbonyl (C=O) groups is 1. The van der Waals surface area contributed by atoms with Gasteiger partial charge < -0.3 is 15.0 Å². The predicted molar refractivity (Wildman–Crippen MR) is 126 cm³/mol. The molecule has 3 aromatic heterocycles. The normalized spacial score (nSPS) is 11.6. The minimum atomic E-state index is -0.524. The largest absolute Gasteiger partial charge is 0.497 e. The maximum absolute atomic E-state index is 12.9. The molecule has 0 bridgehead atoms. The molecule has 0 aliphatic carbocycles. The maximum atomic E-state index is 12.9. The SMILES string of the molecule is COc1ccc(CCC(C)=NNC(=O)c2nnn(-c3nonc3N)c2CSc2nncn2C)cc1. The van der Waals surface area contributed by atoms with E-state index in [0.29, 0.717) is 17.3 Å². The summed E-state index contributed by atoms with van der Waals surface area (Å²) in [5.41, 5.74) is 10.7. The predicted octanol–water partition coefficient (Wildman–Crippen LogP) is 1.40. The molecule has 0 aliphatic rings. The molecule has 3 heterocycles. The van der Waals surface area contributed by atoms with Gasteiger partial charge in [-0.2, -0.15) is 9.78 Å². The number of carbonyl (C=O) groups excluding carboxylic acids is 1. The van der Waals surface area contributed by atoms with Crippen LogP contribution in [-0.4, -0.2) is 58.8 Å². The van der Waals surface area contributed by atoms with Crippen molar-refractivity contribution >= 4 is 29.2 Å². The second-order valence-electron chi connectivity index (χ2n) is 7.42. The highest BCUT2D eigenvalue weighted by Gasteiger charge is 2.24. The van der Waals surface area contributed by atoms with Crippen LogP contribution in [0.2, 0.25) is 0 Å². The van der Waals surface area contributed by atoms with Crippen LogP contribution >= 0.6 is 11.8 Å². The van der Waals surface area contributed by atoms with E-state index < -0.39 is 5.91 Å². The minimum Gasteiger partial charge on any atom is -0.497 e. The van der Waals surface area contributed by atoms with Gasteiger partial charge in [-0.3, -0.25) is 4.79 Å². The number of benzene rings is 1. The average molecular weight is 498 g/mol. The molecule has 0 saturated heterocycles. The van der Waals surface area contributed by atoms with Crippen molar-refractivity contribution in [3.63, 3.8) is 0 Å². The fourth-order valence-corrected chi connectivity index (χ4v) is 3.90. The number of aryl methyl sites for hydroxylation is 2. The van der Waals surface area contributed by atoms with Crippen LogP contribution in [0.1, 0.15) is 35.1 Å². The van der Waals surface area contributed by atoms with Gasteiger partial charge in [-0.25, -0.2) is 10.1 Å². The van der Waals surface area contributed by atoms with Crippen molar-refractivity contribution < 1.29 is 14.2 Å². The molecular formula is C20H23N11O3S. The highest BCUT2D eigenvalue weighted by Crippen LogP contribution is 2.24. The van der Waals surface area contributed by atoms with Gasteiger partial charge in [0.1, 0.15) is 12.1 Å². The number of nitrogens with zero attached hydrogens (tertiary/aromatic N) is 9. The van der Waals surface area contributed by atoms with Crippen LogP contribution in [0, 0.1) is 0 Å². The molecule has 0 spiro atoms. The number of nitrogen functional groups attached to an aromatic ring is 1. The Morgan fingerprint density at radius 3 is 2.71 bits per heavy atom. The quantitative estimate of drug-likeness (QED) is 0.184. The van der Waals surface area contributed by atoms with Gasteiger partial charge in [0.2, 0.25) is 11.6 Å². The maximum Gasteiger partial charge on any atom is 0.293 e. The molecule has 1 aromatic carbocycles.